The number of rotatable bonds is 1. The summed E-state index contributed by atoms with van der Waals surface area (Å²) in [5.74, 6) is 2.07. The van der Waals surface area contributed by atoms with Crippen LogP contribution in [0, 0.1) is 22.7 Å². The fourth-order valence-corrected chi connectivity index (χ4v) is 7.84. The van der Waals surface area contributed by atoms with Gasteiger partial charge in [-0.25, -0.2) is 0 Å². The molecule has 0 amide bonds. The fourth-order valence-electron chi connectivity index (χ4n) is 7.84. The molecular weight excluding hydrogens is 440 g/mol. The Balaban J connectivity index is 0.000000170. The summed E-state index contributed by atoms with van der Waals surface area (Å²) < 4.78 is 5.71. The van der Waals surface area contributed by atoms with Gasteiger partial charge < -0.3 is 4.74 Å². The molecular formula is C34H52O2. The van der Waals surface area contributed by atoms with E-state index in [0.717, 1.165) is 26.1 Å². The molecule has 0 N–H and O–H groups in total. The van der Waals surface area contributed by atoms with Crippen LogP contribution in [0.25, 0.3) is 0 Å². The molecule has 36 heavy (non-hydrogen) atoms. The number of fused-ring (bicyclic) bond motifs is 2. The van der Waals surface area contributed by atoms with Crippen LogP contribution in [0.15, 0.2) is 23.3 Å². The Labute approximate surface area is 221 Å². The lowest BCUT2D eigenvalue weighted by Crippen LogP contribution is -2.40. The third-order valence-electron chi connectivity index (χ3n) is 11.5. The molecule has 1 aromatic carbocycles. The highest BCUT2D eigenvalue weighted by Gasteiger charge is 2.49. The van der Waals surface area contributed by atoms with Gasteiger partial charge in [-0.15, -0.1) is 0 Å². The van der Waals surface area contributed by atoms with E-state index in [9.17, 15) is 4.79 Å². The number of carbonyl (C=O) groups is 1. The third-order valence-corrected chi connectivity index (χ3v) is 11.5. The fraction of sp³-hybridized carbons (Fsp3) is 0.735. The van der Waals surface area contributed by atoms with Crippen LogP contribution in [0.1, 0.15) is 136 Å². The first-order valence-electron chi connectivity index (χ1n) is 14.5. The van der Waals surface area contributed by atoms with Crippen LogP contribution in [0.2, 0.25) is 0 Å². The summed E-state index contributed by atoms with van der Waals surface area (Å²) in [5.41, 5.74) is 10.1. The van der Waals surface area contributed by atoms with Gasteiger partial charge in [0.05, 0.1) is 13.2 Å². The SMILES string of the molecule is CC(=O)C1(C)CC2=C(CCCC2(C)C)CC1C.CC1COCc2cc3c(cc21)C(C)(C)C(C)C3(C)C. The van der Waals surface area contributed by atoms with Gasteiger partial charge in [-0.05, 0) is 89.4 Å². The molecule has 3 aliphatic carbocycles. The molecule has 1 heterocycles. The van der Waals surface area contributed by atoms with Crippen LogP contribution in [-0.2, 0) is 27.0 Å². The predicted octanol–water partition coefficient (Wildman–Crippen LogP) is 9.04. The molecule has 2 nitrogen and oxygen atoms in total. The van der Waals surface area contributed by atoms with E-state index in [0.29, 0.717) is 29.0 Å². The van der Waals surface area contributed by atoms with Crippen molar-refractivity contribution >= 4 is 5.78 Å². The molecule has 0 bridgehead atoms. The minimum atomic E-state index is -0.118. The summed E-state index contributed by atoms with van der Waals surface area (Å²) in [4.78, 5) is 12.0. The average Bonchev–Trinajstić information content (AvgIpc) is 2.92. The largest absolute Gasteiger partial charge is 0.376 e. The van der Waals surface area contributed by atoms with Crippen LogP contribution in [-0.4, -0.2) is 12.4 Å². The quantitative estimate of drug-likeness (QED) is 0.365. The minimum absolute atomic E-state index is 0.118. The van der Waals surface area contributed by atoms with Gasteiger partial charge in [-0.1, -0.05) is 92.5 Å². The van der Waals surface area contributed by atoms with Gasteiger partial charge in [0, 0.05) is 11.3 Å². The number of Topliss-reactive ketones (excluding diaryl/α,β-unsaturated/α-hetero) is 1. The highest BCUT2D eigenvalue weighted by Crippen LogP contribution is 2.55. The molecule has 0 aromatic heterocycles. The van der Waals surface area contributed by atoms with Crippen molar-refractivity contribution in [3.8, 4) is 0 Å². The second-order valence-corrected chi connectivity index (χ2v) is 14.8. The number of hydrogen-bond donors (Lipinski definition) is 0. The smallest absolute Gasteiger partial charge is 0.136 e. The third kappa shape index (κ3) is 4.34. The molecule has 2 heteroatoms. The second kappa shape index (κ2) is 9.11. The standard InChI is InChI=1S/C18H26O.C16H26O/c1-11-9-19-10-13-7-15-16(8-14(11)13)18(5,6)12(2)17(15,3)4;1-11-9-13-7-6-8-15(3,4)14(13)10-16(11,5)12(2)17/h7-8,11-12H,9-10H2,1-6H3;11H,6-10H2,1-5H3. The summed E-state index contributed by atoms with van der Waals surface area (Å²) in [6.45, 7) is 26.9. The highest BCUT2D eigenvalue weighted by atomic mass is 16.5. The summed E-state index contributed by atoms with van der Waals surface area (Å²) in [5, 5.41) is 0. The van der Waals surface area contributed by atoms with Crippen molar-refractivity contribution in [2.75, 3.05) is 6.61 Å². The number of ketones is 1. The van der Waals surface area contributed by atoms with Crippen molar-refractivity contribution in [1.29, 1.82) is 0 Å². The lowest BCUT2D eigenvalue weighted by molar-refractivity contribution is -0.128. The Bertz CT molecular complexity index is 1070. The zero-order valence-electron chi connectivity index (χ0n) is 25.2. The van der Waals surface area contributed by atoms with Gasteiger partial charge in [-0.3, -0.25) is 4.79 Å². The first-order chi connectivity index (χ1) is 16.5. The summed E-state index contributed by atoms with van der Waals surface area (Å²) >= 11 is 0. The van der Waals surface area contributed by atoms with Crippen molar-refractivity contribution in [3.05, 3.63) is 45.5 Å². The van der Waals surface area contributed by atoms with Gasteiger partial charge in [0.15, 0.2) is 0 Å². The molecule has 200 valence electrons. The van der Waals surface area contributed by atoms with Crippen molar-refractivity contribution in [2.45, 2.75) is 132 Å². The number of hydrogen-bond acceptors (Lipinski definition) is 2. The van der Waals surface area contributed by atoms with E-state index in [1.165, 1.54) is 30.4 Å². The Morgan fingerprint density at radius 3 is 2.17 bits per heavy atom. The Morgan fingerprint density at radius 2 is 1.56 bits per heavy atom. The van der Waals surface area contributed by atoms with E-state index in [4.69, 9.17) is 4.74 Å². The summed E-state index contributed by atoms with van der Waals surface area (Å²) in [6.07, 6.45) is 6.04. The first kappa shape index (κ1) is 27.6. The van der Waals surface area contributed by atoms with Gasteiger partial charge in [0.2, 0.25) is 0 Å². The number of carbonyl (C=O) groups excluding carboxylic acids is 1. The molecule has 5 rings (SSSR count). The zero-order valence-corrected chi connectivity index (χ0v) is 25.2. The van der Waals surface area contributed by atoms with Crippen LogP contribution in [0.3, 0.4) is 0 Å². The lowest BCUT2D eigenvalue weighted by atomic mass is 9.57. The maximum Gasteiger partial charge on any atom is 0.136 e. The molecule has 1 aliphatic heterocycles. The summed E-state index contributed by atoms with van der Waals surface area (Å²) in [6, 6.07) is 4.93. The van der Waals surface area contributed by atoms with Gasteiger partial charge in [0.1, 0.15) is 5.78 Å². The van der Waals surface area contributed by atoms with Crippen molar-refractivity contribution < 1.29 is 9.53 Å². The Kier molecular flexibility index (Phi) is 6.99. The van der Waals surface area contributed by atoms with Gasteiger partial charge in [0.25, 0.3) is 0 Å². The average molecular weight is 493 g/mol. The number of ether oxygens (including phenoxy) is 1. The monoisotopic (exact) mass is 492 g/mol. The molecule has 0 fully saturated rings. The molecule has 0 saturated carbocycles. The predicted molar refractivity (Wildman–Crippen MR) is 152 cm³/mol. The minimum Gasteiger partial charge on any atom is -0.376 e. The molecule has 0 spiro atoms. The molecule has 4 atom stereocenters. The van der Waals surface area contributed by atoms with E-state index in [1.54, 1.807) is 29.2 Å². The maximum atomic E-state index is 12.0. The van der Waals surface area contributed by atoms with Gasteiger partial charge in [-0.2, -0.15) is 0 Å². The normalized spacial score (nSPS) is 33.6. The second-order valence-electron chi connectivity index (χ2n) is 14.8. The van der Waals surface area contributed by atoms with Crippen molar-refractivity contribution in [3.63, 3.8) is 0 Å². The maximum absolute atomic E-state index is 12.0. The van der Waals surface area contributed by atoms with Crippen LogP contribution in [0.5, 0.6) is 0 Å². The van der Waals surface area contributed by atoms with E-state index in [-0.39, 0.29) is 16.2 Å². The molecule has 1 aromatic rings. The van der Waals surface area contributed by atoms with Crippen LogP contribution < -0.4 is 0 Å². The Morgan fingerprint density at radius 1 is 0.944 bits per heavy atom. The van der Waals surface area contributed by atoms with Crippen molar-refractivity contribution in [2.24, 2.45) is 22.7 Å². The molecule has 4 unspecified atom stereocenters. The Hall–Kier alpha value is -1.41. The number of allylic oxidation sites excluding steroid dienone is 2. The highest BCUT2D eigenvalue weighted by molar-refractivity contribution is 5.83. The zero-order chi connectivity index (χ0) is 26.8. The number of benzene rings is 1. The molecule has 0 radical (unpaired) electrons. The summed E-state index contributed by atoms with van der Waals surface area (Å²) in [7, 11) is 0. The topological polar surface area (TPSA) is 26.3 Å². The van der Waals surface area contributed by atoms with Crippen molar-refractivity contribution in [1.82, 2.24) is 0 Å². The van der Waals surface area contributed by atoms with Gasteiger partial charge >= 0.3 is 0 Å². The van der Waals surface area contributed by atoms with E-state index < -0.39 is 0 Å². The van der Waals surface area contributed by atoms with E-state index >= 15 is 0 Å². The lowest BCUT2D eigenvalue weighted by Gasteiger charge is -2.47. The van der Waals surface area contributed by atoms with Crippen LogP contribution >= 0.6 is 0 Å². The molecule has 4 aliphatic rings. The van der Waals surface area contributed by atoms with Crippen LogP contribution in [0.4, 0.5) is 0 Å². The molecule has 0 saturated heterocycles. The first-order valence-corrected chi connectivity index (χ1v) is 14.5. The van der Waals surface area contributed by atoms with E-state index in [1.807, 2.05) is 0 Å². The van der Waals surface area contributed by atoms with E-state index in [2.05, 4.69) is 81.4 Å².